The van der Waals surface area contributed by atoms with E-state index in [0.717, 1.165) is 5.56 Å². The standard InChI is InChI=1S/C12H16Cl2O2/c1-12(2,16-3)11(15)7-8-9(13)5-4-6-10(8)14/h4-6,11,15H,7H2,1-3H3. The van der Waals surface area contributed by atoms with Gasteiger partial charge in [-0.2, -0.15) is 0 Å². The maximum Gasteiger partial charge on any atom is 0.0883 e. The predicted molar refractivity (Wildman–Crippen MR) is 67.3 cm³/mol. The van der Waals surface area contributed by atoms with Gasteiger partial charge in [0, 0.05) is 23.6 Å². The highest BCUT2D eigenvalue weighted by atomic mass is 35.5. The fraction of sp³-hybridized carbons (Fsp3) is 0.500. The van der Waals surface area contributed by atoms with Crippen LogP contribution in [0.5, 0.6) is 0 Å². The molecule has 0 aliphatic carbocycles. The minimum absolute atomic E-state index is 0.374. The van der Waals surface area contributed by atoms with Crippen LogP contribution in [0.1, 0.15) is 19.4 Å². The molecule has 0 fully saturated rings. The van der Waals surface area contributed by atoms with Gasteiger partial charge in [0.25, 0.3) is 0 Å². The topological polar surface area (TPSA) is 29.5 Å². The van der Waals surface area contributed by atoms with Crippen molar-refractivity contribution in [3.63, 3.8) is 0 Å². The molecule has 1 N–H and O–H groups in total. The maximum absolute atomic E-state index is 10.0. The van der Waals surface area contributed by atoms with Crippen LogP contribution >= 0.6 is 23.2 Å². The number of rotatable bonds is 4. The highest BCUT2D eigenvalue weighted by Crippen LogP contribution is 2.28. The zero-order valence-electron chi connectivity index (χ0n) is 9.63. The first kappa shape index (κ1) is 13.8. The number of aliphatic hydroxyl groups is 1. The van der Waals surface area contributed by atoms with E-state index in [-0.39, 0.29) is 0 Å². The third-order valence-electron chi connectivity index (χ3n) is 2.79. The molecule has 2 nitrogen and oxygen atoms in total. The van der Waals surface area contributed by atoms with E-state index in [1.54, 1.807) is 25.3 Å². The summed E-state index contributed by atoms with van der Waals surface area (Å²) >= 11 is 12.1. The van der Waals surface area contributed by atoms with E-state index < -0.39 is 11.7 Å². The van der Waals surface area contributed by atoms with Crippen molar-refractivity contribution in [1.82, 2.24) is 0 Å². The van der Waals surface area contributed by atoms with Gasteiger partial charge in [0.15, 0.2) is 0 Å². The number of benzene rings is 1. The molecule has 0 heterocycles. The van der Waals surface area contributed by atoms with Crippen molar-refractivity contribution in [3.05, 3.63) is 33.8 Å². The van der Waals surface area contributed by atoms with Crippen LogP contribution in [0.25, 0.3) is 0 Å². The van der Waals surface area contributed by atoms with Crippen molar-refractivity contribution in [3.8, 4) is 0 Å². The van der Waals surface area contributed by atoms with Gasteiger partial charge in [-0.05, 0) is 31.5 Å². The smallest absolute Gasteiger partial charge is 0.0883 e. The molecule has 0 bridgehead atoms. The summed E-state index contributed by atoms with van der Waals surface area (Å²) in [6.45, 7) is 3.64. The van der Waals surface area contributed by atoms with Crippen molar-refractivity contribution in [2.45, 2.75) is 32.0 Å². The fourth-order valence-electron chi connectivity index (χ4n) is 1.30. The normalized spacial score (nSPS) is 13.9. The molecule has 90 valence electrons. The van der Waals surface area contributed by atoms with E-state index in [4.69, 9.17) is 27.9 Å². The number of ether oxygens (including phenoxy) is 1. The molecular weight excluding hydrogens is 247 g/mol. The molecule has 0 radical (unpaired) electrons. The van der Waals surface area contributed by atoms with Crippen LogP contribution in [0.2, 0.25) is 10.0 Å². The summed E-state index contributed by atoms with van der Waals surface area (Å²) in [5.41, 5.74) is 0.131. The molecule has 0 aliphatic heterocycles. The Hall–Kier alpha value is -0.280. The zero-order valence-corrected chi connectivity index (χ0v) is 11.1. The lowest BCUT2D eigenvalue weighted by Crippen LogP contribution is -2.39. The summed E-state index contributed by atoms with van der Waals surface area (Å²) in [5, 5.41) is 11.2. The third kappa shape index (κ3) is 3.11. The summed E-state index contributed by atoms with van der Waals surface area (Å²) in [7, 11) is 1.57. The molecule has 0 spiro atoms. The highest BCUT2D eigenvalue weighted by Gasteiger charge is 2.28. The Morgan fingerprint density at radius 2 is 1.81 bits per heavy atom. The average Bonchev–Trinajstić information content (AvgIpc) is 2.23. The van der Waals surface area contributed by atoms with Gasteiger partial charge in [-0.15, -0.1) is 0 Å². The number of hydrogen-bond acceptors (Lipinski definition) is 2. The van der Waals surface area contributed by atoms with Gasteiger partial charge in [0.1, 0.15) is 0 Å². The molecule has 1 unspecified atom stereocenters. The lowest BCUT2D eigenvalue weighted by atomic mass is 9.95. The minimum Gasteiger partial charge on any atom is -0.390 e. The summed E-state index contributed by atoms with van der Waals surface area (Å²) in [5.74, 6) is 0. The van der Waals surface area contributed by atoms with Gasteiger partial charge in [-0.25, -0.2) is 0 Å². The van der Waals surface area contributed by atoms with Gasteiger partial charge in [-0.1, -0.05) is 29.3 Å². The molecule has 16 heavy (non-hydrogen) atoms. The monoisotopic (exact) mass is 262 g/mol. The first-order valence-electron chi connectivity index (χ1n) is 5.04. The second-order valence-corrected chi connectivity index (χ2v) is 5.04. The van der Waals surface area contributed by atoms with Crippen LogP contribution < -0.4 is 0 Å². The van der Waals surface area contributed by atoms with Crippen LogP contribution in [0.4, 0.5) is 0 Å². The molecule has 0 saturated carbocycles. The van der Waals surface area contributed by atoms with Crippen molar-refractivity contribution in [1.29, 1.82) is 0 Å². The van der Waals surface area contributed by atoms with Gasteiger partial charge >= 0.3 is 0 Å². The second-order valence-electron chi connectivity index (χ2n) is 4.23. The molecule has 0 saturated heterocycles. The zero-order chi connectivity index (χ0) is 12.3. The van der Waals surface area contributed by atoms with E-state index in [1.165, 1.54) is 0 Å². The SMILES string of the molecule is COC(C)(C)C(O)Cc1c(Cl)cccc1Cl. The Kier molecular flexibility index (Phi) is 4.62. The van der Waals surface area contributed by atoms with Crippen LogP contribution in [-0.2, 0) is 11.2 Å². The third-order valence-corrected chi connectivity index (χ3v) is 3.50. The van der Waals surface area contributed by atoms with Gasteiger partial charge in [0.2, 0.25) is 0 Å². The van der Waals surface area contributed by atoms with Crippen LogP contribution in [-0.4, -0.2) is 23.9 Å². The molecule has 1 aromatic rings. The largest absolute Gasteiger partial charge is 0.390 e. The number of methoxy groups -OCH3 is 1. The van der Waals surface area contributed by atoms with E-state index >= 15 is 0 Å². The Bertz CT molecular complexity index is 344. The summed E-state index contributed by atoms with van der Waals surface area (Å²) in [4.78, 5) is 0. The van der Waals surface area contributed by atoms with E-state index in [9.17, 15) is 5.11 Å². The second kappa shape index (κ2) is 5.37. The lowest BCUT2D eigenvalue weighted by molar-refractivity contribution is -0.0764. The van der Waals surface area contributed by atoms with Crippen molar-refractivity contribution >= 4 is 23.2 Å². The van der Waals surface area contributed by atoms with Gasteiger partial charge in [-0.3, -0.25) is 0 Å². The number of aliphatic hydroxyl groups excluding tert-OH is 1. The molecular formula is C12H16Cl2O2. The first-order chi connectivity index (χ1) is 7.38. The summed E-state index contributed by atoms with van der Waals surface area (Å²) < 4.78 is 5.22. The van der Waals surface area contributed by atoms with Crippen LogP contribution in [0.15, 0.2) is 18.2 Å². The quantitative estimate of drug-likeness (QED) is 0.902. The fourth-order valence-corrected chi connectivity index (χ4v) is 1.85. The average molecular weight is 263 g/mol. The minimum atomic E-state index is -0.658. The van der Waals surface area contributed by atoms with Crippen LogP contribution in [0, 0.1) is 0 Å². The molecule has 1 atom stereocenters. The van der Waals surface area contributed by atoms with Crippen molar-refractivity contribution in [2.24, 2.45) is 0 Å². The van der Waals surface area contributed by atoms with E-state index in [1.807, 2.05) is 13.8 Å². The molecule has 4 heteroatoms. The number of halogens is 2. The maximum atomic E-state index is 10.0. The van der Waals surface area contributed by atoms with Crippen LogP contribution in [0.3, 0.4) is 0 Å². The molecule has 0 amide bonds. The molecule has 0 aliphatic rings. The molecule has 0 aromatic heterocycles. The summed E-state index contributed by atoms with van der Waals surface area (Å²) in [6.07, 6.45) is -0.283. The Labute approximate surface area is 106 Å². The van der Waals surface area contributed by atoms with E-state index in [2.05, 4.69) is 0 Å². The predicted octanol–water partition coefficient (Wildman–Crippen LogP) is 3.32. The molecule has 1 aromatic carbocycles. The van der Waals surface area contributed by atoms with Crippen molar-refractivity contribution < 1.29 is 9.84 Å². The lowest BCUT2D eigenvalue weighted by Gasteiger charge is -2.29. The Morgan fingerprint density at radius 3 is 2.25 bits per heavy atom. The van der Waals surface area contributed by atoms with Crippen molar-refractivity contribution in [2.75, 3.05) is 7.11 Å². The molecule has 1 rings (SSSR count). The number of hydrogen-bond donors (Lipinski definition) is 1. The Balaban J connectivity index is 2.89. The Morgan fingerprint density at radius 1 is 1.31 bits per heavy atom. The highest BCUT2D eigenvalue weighted by molar-refractivity contribution is 6.35. The van der Waals surface area contributed by atoms with Gasteiger partial charge in [0.05, 0.1) is 11.7 Å². The van der Waals surface area contributed by atoms with E-state index in [0.29, 0.717) is 16.5 Å². The summed E-state index contributed by atoms with van der Waals surface area (Å²) in [6, 6.07) is 5.30. The van der Waals surface area contributed by atoms with Gasteiger partial charge < -0.3 is 9.84 Å². The first-order valence-corrected chi connectivity index (χ1v) is 5.80.